The van der Waals surface area contributed by atoms with Gasteiger partial charge in [0, 0.05) is 7.05 Å². The molecule has 0 aliphatic rings. The van der Waals surface area contributed by atoms with Crippen LogP contribution >= 0.6 is 11.8 Å². The second kappa shape index (κ2) is 6.07. The van der Waals surface area contributed by atoms with Crippen LogP contribution in [0, 0.1) is 0 Å². The van der Waals surface area contributed by atoms with Crippen LogP contribution in [0.5, 0.6) is 0 Å². The van der Waals surface area contributed by atoms with Gasteiger partial charge in [0.25, 0.3) is 0 Å². The minimum Gasteiger partial charge on any atom is -0.480 e. The maximum absolute atomic E-state index is 11.6. The van der Waals surface area contributed by atoms with E-state index in [1.54, 1.807) is 42.1 Å². The molecule has 0 amide bonds. The van der Waals surface area contributed by atoms with Gasteiger partial charge in [0.1, 0.15) is 5.25 Å². The molecule has 112 valence electrons. The van der Waals surface area contributed by atoms with Crippen LogP contribution < -0.4 is 0 Å². The third kappa shape index (κ3) is 2.75. The van der Waals surface area contributed by atoms with Crippen molar-refractivity contribution >= 4 is 17.7 Å². The van der Waals surface area contributed by atoms with Gasteiger partial charge in [-0.2, -0.15) is 0 Å². The third-order valence-electron chi connectivity index (χ3n) is 3.13. The number of benzene rings is 1. The summed E-state index contributed by atoms with van der Waals surface area (Å²) < 4.78 is 7.03. The molecule has 2 aromatic heterocycles. The summed E-state index contributed by atoms with van der Waals surface area (Å²) in [4.78, 5) is 11.6. The van der Waals surface area contributed by atoms with Crippen molar-refractivity contribution in [1.29, 1.82) is 0 Å². The number of aliphatic carboxylic acids is 1. The van der Waals surface area contributed by atoms with Gasteiger partial charge in [-0.05, 0) is 17.7 Å². The van der Waals surface area contributed by atoms with E-state index in [9.17, 15) is 9.90 Å². The van der Waals surface area contributed by atoms with Gasteiger partial charge in [-0.25, -0.2) is 0 Å². The Balaban J connectivity index is 1.90. The van der Waals surface area contributed by atoms with Crippen molar-refractivity contribution < 1.29 is 14.3 Å². The van der Waals surface area contributed by atoms with Crippen LogP contribution in [0.15, 0.2) is 58.3 Å². The number of carboxylic acid groups (broad SMARTS) is 1. The van der Waals surface area contributed by atoms with Gasteiger partial charge in [-0.1, -0.05) is 42.1 Å². The zero-order valence-electron chi connectivity index (χ0n) is 11.7. The first-order valence-corrected chi connectivity index (χ1v) is 7.42. The number of rotatable bonds is 5. The fraction of sp³-hybridized carbons (Fsp3) is 0.133. The summed E-state index contributed by atoms with van der Waals surface area (Å²) in [5.41, 5.74) is 0.711. The van der Waals surface area contributed by atoms with Crippen molar-refractivity contribution in [2.45, 2.75) is 10.4 Å². The van der Waals surface area contributed by atoms with Crippen LogP contribution in [0.3, 0.4) is 0 Å². The van der Waals surface area contributed by atoms with Gasteiger partial charge in [0.15, 0.2) is 16.7 Å². The minimum atomic E-state index is -0.918. The fourth-order valence-electron chi connectivity index (χ4n) is 2.03. The molecule has 1 aromatic carbocycles. The van der Waals surface area contributed by atoms with Crippen LogP contribution in [0.25, 0.3) is 11.6 Å². The lowest BCUT2D eigenvalue weighted by molar-refractivity contribution is -0.136. The molecule has 1 N–H and O–H groups in total. The number of carbonyl (C=O) groups is 1. The van der Waals surface area contributed by atoms with E-state index >= 15 is 0 Å². The van der Waals surface area contributed by atoms with Crippen molar-refractivity contribution in [3.05, 3.63) is 54.3 Å². The summed E-state index contributed by atoms with van der Waals surface area (Å²) in [6, 6.07) is 12.6. The lowest BCUT2D eigenvalue weighted by atomic mass is 10.1. The van der Waals surface area contributed by atoms with Gasteiger partial charge in [0.2, 0.25) is 0 Å². The lowest BCUT2D eigenvalue weighted by Gasteiger charge is -2.11. The second-order valence-electron chi connectivity index (χ2n) is 4.59. The number of hydrogen-bond acceptors (Lipinski definition) is 5. The van der Waals surface area contributed by atoms with Gasteiger partial charge in [-0.15, -0.1) is 10.2 Å². The van der Waals surface area contributed by atoms with Crippen LogP contribution in [-0.2, 0) is 11.8 Å². The summed E-state index contributed by atoms with van der Waals surface area (Å²) in [5, 5.41) is 17.4. The monoisotopic (exact) mass is 315 g/mol. The summed E-state index contributed by atoms with van der Waals surface area (Å²) in [6.07, 6.45) is 1.56. The van der Waals surface area contributed by atoms with Crippen molar-refractivity contribution in [2.24, 2.45) is 7.05 Å². The highest BCUT2D eigenvalue weighted by atomic mass is 32.2. The Labute approximate surface area is 130 Å². The molecule has 0 saturated heterocycles. The van der Waals surface area contributed by atoms with Gasteiger partial charge in [0.05, 0.1) is 6.26 Å². The minimum absolute atomic E-state index is 0.516. The van der Waals surface area contributed by atoms with E-state index in [2.05, 4.69) is 10.2 Å². The molecule has 0 fully saturated rings. The Morgan fingerprint density at radius 1 is 1.23 bits per heavy atom. The predicted octanol–water partition coefficient (Wildman–Crippen LogP) is 2.99. The average Bonchev–Trinajstić information content (AvgIpc) is 3.15. The molecule has 0 spiro atoms. The van der Waals surface area contributed by atoms with Gasteiger partial charge >= 0.3 is 5.97 Å². The summed E-state index contributed by atoms with van der Waals surface area (Å²) in [6.45, 7) is 0. The Bertz CT molecular complexity index is 769. The van der Waals surface area contributed by atoms with E-state index in [1.165, 1.54) is 0 Å². The number of hydrogen-bond donors (Lipinski definition) is 1. The lowest BCUT2D eigenvalue weighted by Crippen LogP contribution is -2.09. The van der Waals surface area contributed by atoms with Crippen molar-refractivity contribution in [2.75, 3.05) is 0 Å². The molecular formula is C15H13N3O3S. The first kappa shape index (κ1) is 14.4. The molecule has 0 aliphatic carbocycles. The van der Waals surface area contributed by atoms with Crippen molar-refractivity contribution in [3.63, 3.8) is 0 Å². The smallest absolute Gasteiger partial charge is 0.321 e. The van der Waals surface area contributed by atoms with Crippen LogP contribution in [-0.4, -0.2) is 25.8 Å². The molecule has 7 heteroatoms. The highest BCUT2D eigenvalue weighted by Gasteiger charge is 2.24. The SMILES string of the molecule is Cn1c(S[C@@H](C(=O)O)c2ccccc2)nnc1-c1ccco1. The van der Waals surface area contributed by atoms with E-state index in [0.29, 0.717) is 22.3 Å². The first-order chi connectivity index (χ1) is 10.7. The topological polar surface area (TPSA) is 81.2 Å². The van der Waals surface area contributed by atoms with E-state index in [4.69, 9.17) is 4.42 Å². The maximum atomic E-state index is 11.6. The Kier molecular flexibility index (Phi) is 3.97. The van der Waals surface area contributed by atoms with Crippen molar-refractivity contribution in [1.82, 2.24) is 14.8 Å². The quantitative estimate of drug-likeness (QED) is 0.729. The maximum Gasteiger partial charge on any atom is 0.321 e. The average molecular weight is 315 g/mol. The number of nitrogens with zero attached hydrogens (tertiary/aromatic N) is 3. The van der Waals surface area contributed by atoms with Gasteiger partial charge < -0.3 is 14.1 Å². The largest absolute Gasteiger partial charge is 0.480 e. The number of carboxylic acids is 1. The molecule has 6 nitrogen and oxygen atoms in total. The number of thioether (sulfide) groups is 1. The number of aromatic nitrogens is 3. The molecule has 3 rings (SSSR count). The van der Waals surface area contributed by atoms with Crippen LogP contribution in [0.2, 0.25) is 0 Å². The second-order valence-corrected chi connectivity index (χ2v) is 5.66. The summed E-state index contributed by atoms with van der Waals surface area (Å²) in [7, 11) is 1.78. The predicted molar refractivity (Wildman–Crippen MR) is 81.4 cm³/mol. The summed E-state index contributed by atoms with van der Waals surface area (Å²) >= 11 is 1.14. The number of furan rings is 1. The molecule has 0 aliphatic heterocycles. The molecule has 1 atom stereocenters. The highest BCUT2D eigenvalue weighted by molar-refractivity contribution is 8.00. The van der Waals surface area contributed by atoms with Crippen molar-refractivity contribution in [3.8, 4) is 11.6 Å². The normalized spacial score (nSPS) is 12.2. The zero-order chi connectivity index (χ0) is 15.5. The molecule has 2 heterocycles. The summed E-state index contributed by atoms with van der Waals surface area (Å²) in [5.74, 6) is 0.233. The molecule has 0 saturated carbocycles. The van der Waals surface area contributed by atoms with Crippen LogP contribution in [0.1, 0.15) is 10.8 Å². The highest BCUT2D eigenvalue weighted by Crippen LogP contribution is 2.35. The van der Waals surface area contributed by atoms with E-state index < -0.39 is 11.2 Å². The Morgan fingerprint density at radius 2 is 2.00 bits per heavy atom. The third-order valence-corrected chi connectivity index (χ3v) is 4.40. The van der Waals surface area contributed by atoms with E-state index in [0.717, 1.165) is 11.8 Å². The fourth-order valence-corrected chi connectivity index (χ4v) is 2.97. The molecule has 0 bridgehead atoms. The molecule has 0 unspecified atom stereocenters. The molecular weight excluding hydrogens is 302 g/mol. The standard InChI is InChI=1S/C15H13N3O3S/c1-18-13(11-8-5-9-21-11)16-17-15(18)22-12(14(19)20)10-6-3-2-4-7-10/h2-9,12H,1H3,(H,19,20)/t12-/m1/s1. The van der Waals surface area contributed by atoms with E-state index in [-0.39, 0.29) is 0 Å². The Morgan fingerprint density at radius 3 is 2.64 bits per heavy atom. The Hall–Kier alpha value is -2.54. The molecule has 22 heavy (non-hydrogen) atoms. The van der Waals surface area contributed by atoms with Crippen LogP contribution in [0.4, 0.5) is 0 Å². The first-order valence-electron chi connectivity index (χ1n) is 6.54. The molecule has 0 radical (unpaired) electrons. The zero-order valence-corrected chi connectivity index (χ0v) is 12.5. The van der Waals surface area contributed by atoms with E-state index in [1.807, 2.05) is 18.2 Å². The van der Waals surface area contributed by atoms with Gasteiger partial charge in [-0.3, -0.25) is 4.79 Å². The molecule has 3 aromatic rings.